The Morgan fingerprint density at radius 1 is 1.03 bits per heavy atom. The molecule has 0 atom stereocenters. The number of sulfonamides is 1. The molecule has 1 aliphatic heterocycles. The van der Waals surface area contributed by atoms with Crippen LogP contribution >= 0.6 is 0 Å². The van der Waals surface area contributed by atoms with Gasteiger partial charge in [0.2, 0.25) is 10.0 Å². The van der Waals surface area contributed by atoms with Crippen LogP contribution in [-0.2, 0) is 14.8 Å². The molecular weight excluding hydrogens is 412 g/mol. The van der Waals surface area contributed by atoms with Gasteiger partial charge in [-0.15, -0.1) is 0 Å². The predicted molar refractivity (Wildman–Crippen MR) is 120 cm³/mol. The van der Waals surface area contributed by atoms with Crippen LogP contribution < -0.4 is 5.32 Å². The third-order valence-corrected chi connectivity index (χ3v) is 7.08. The Kier molecular flexibility index (Phi) is 7.10. The summed E-state index contributed by atoms with van der Waals surface area (Å²) in [6, 6.07) is 17.8. The second-order valence-corrected chi connectivity index (χ2v) is 9.58. The van der Waals surface area contributed by atoms with Gasteiger partial charge in [-0.3, -0.25) is 4.79 Å². The van der Waals surface area contributed by atoms with Crippen LogP contribution in [0.4, 0.5) is 5.69 Å². The van der Waals surface area contributed by atoms with Crippen LogP contribution in [0.25, 0.3) is 0 Å². The lowest BCUT2D eigenvalue weighted by Crippen LogP contribution is -2.46. The molecule has 1 heterocycles. The maximum Gasteiger partial charge on any atom is 0.267 e. The predicted octanol–water partition coefficient (Wildman–Crippen LogP) is 3.16. The summed E-state index contributed by atoms with van der Waals surface area (Å²) in [4.78, 5) is 14.6. The first-order chi connectivity index (χ1) is 14.8. The average Bonchev–Trinajstić information content (AvgIpc) is 2.78. The molecule has 0 bridgehead atoms. The molecule has 0 radical (unpaired) electrons. The summed E-state index contributed by atoms with van der Waals surface area (Å²) in [7, 11) is -3.54. The number of carbonyl (C=O) groups is 1. The second-order valence-electron chi connectivity index (χ2n) is 7.64. The molecule has 0 aromatic heterocycles. The SMILES string of the molecule is CC(C)c1ccc(NC(=O)/C(C#N)=C\N2CCN(S(=O)(=O)c3ccccc3)CC2)cc1. The number of nitriles is 1. The molecule has 3 rings (SSSR count). The van der Waals surface area contributed by atoms with Gasteiger partial charge in [0, 0.05) is 38.1 Å². The monoisotopic (exact) mass is 438 g/mol. The van der Waals surface area contributed by atoms with Crippen molar-refractivity contribution in [2.24, 2.45) is 0 Å². The van der Waals surface area contributed by atoms with Crippen molar-refractivity contribution in [3.8, 4) is 6.07 Å². The first-order valence-electron chi connectivity index (χ1n) is 10.1. The highest BCUT2D eigenvalue weighted by Crippen LogP contribution is 2.19. The molecule has 2 aromatic carbocycles. The zero-order valence-corrected chi connectivity index (χ0v) is 18.5. The molecule has 1 saturated heterocycles. The van der Waals surface area contributed by atoms with Gasteiger partial charge in [-0.25, -0.2) is 8.42 Å². The van der Waals surface area contributed by atoms with Crippen molar-refractivity contribution in [3.05, 3.63) is 71.9 Å². The van der Waals surface area contributed by atoms with Gasteiger partial charge >= 0.3 is 0 Å². The highest BCUT2D eigenvalue weighted by Gasteiger charge is 2.28. The molecule has 1 N–H and O–H groups in total. The van der Waals surface area contributed by atoms with E-state index in [0.717, 1.165) is 5.56 Å². The zero-order valence-electron chi connectivity index (χ0n) is 17.7. The van der Waals surface area contributed by atoms with Gasteiger partial charge in [0.25, 0.3) is 5.91 Å². The van der Waals surface area contributed by atoms with Gasteiger partial charge in [-0.1, -0.05) is 44.2 Å². The van der Waals surface area contributed by atoms with Crippen LogP contribution in [0, 0.1) is 11.3 Å². The quantitative estimate of drug-likeness (QED) is 0.552. The normalized spacial score (nSPS) is 15.5. The Hall–Kier alpha value is -3.15. The summed E-state index contributed by atoms with van der Waals surface area (Å²) >= 11 is 0. The maximum atomic E-state index is 12.7. The molecule has 0 unspecified atom stereocenters. The highest BCUT2D eigenvalue weighted by molar-refractivity contribution is 7.89. The number of nitrogens with zero attached hydrogens (tertiary/aromatic N) is 3. The summed E-state index contributed by atoms with van der Waals surface area (Å²) < 4.78 is 26.9. The van der Waals surface area contributed by atoms with Crippen LogP contribution in [-0.4, -0.2) is 49.7 Å². The van der Waals surface area contributed by atoms with E-state index in [4.69, 9.17) is 0 Å². The number of amides is 1. The number of hydrogen-bond acceptors (Lipinski definition) is 5. The topological polar surface area (TPSA) is 93.5 Å². The van der Waals surface area contributed by atoms with Crippen molar-refractivity contribution < 1.29 is 13.2 Å². The summed E-state index contributed by atoms with van der Waals surface area (Å²) in [6.45, 7) is 5.54. The molecule has 1 amide bonds. The third-order valence-electron chi connectivity index (χ3n) is 5.17. The number of nitrogens with one attached hydrogen (secondary N) is 1. The summed E-state index contributed by atoms with van der Waals surface area (Å²) in [5.74, 6) is -0.0946. The van der Waals surface area contributed by atoms with Crippen LogP contribution in [0.1, 0.15) is 25.3 Å². The minimum absolute atomic E-state index is 0.0210. The lowest BCUT2D eigenvalue weighted by molar-refractivity contribution is -0.112. The molecule has 31 heavy (non-hydrogen) atoms. The number of anilines is 1. The Balaban J connectivity index is 1.62. The molecule has 1 fully saturated rings. The number of carbonyl (C=O) groups excluding carboxylic acids is 1. The van der Waals surface area contributed by atoms with E-state index >= 15 is 0 Å². The van der Waals surface area contributed by atoms with Gasteiger partial charge in [0.15, 0.2) is 0 Å². The summed E-state index contributed by atoms with van der Waals surface area (Å²) in [6.07, 6.45) is 1.50. The van der Waals surface area contributed by atoms with Gasteiger partial charge in [-0.2, -0.15) is 9.57 Å². The molecule has 1 aliphatic rings. The number of piperazine rings is 1. The van der Waals surface area contributed by atoms with Gasteiger partial charge < -0.3 is 10.2 Å². The Bertz CT molecular complexity index is 1080. The summed E-state index contributed by atoms with van der Waals surface area (Å²) in [5, 5.41) is 12.2. The van der Waals surface area contributed by atoms with Gasteiger partial charge in [0.05, 0.1) is 4.90 Å². The van der Waals surface area contributed by atoms with Crippen LogP contribution in [0.2, 0.25) is 0 Å². The van der Waals surface area contributed by atoms with E-state index in [1.54, 1.807) is 35.2 Å². The lowest BCUT2D eigenvalue weighted by atomic mass is 10.0. The summed E-state index contributed by atoms with van der Waals surface area (Å²) in [5.41, 5.74) is 1.76. The van der Waals surface area contributed by atoms with E-state index in [9.17, 15) is 18.5 Å². The Morgan fingerprint density at radius 3 is 2.19 bits per heavy atom. The van der Waals surface area contributed by atoms with Gasteiger partial charge in [-0.05, 0) is 35.7 Å². The van der Waals surface area contributed by atoms with Crippen molar-refractivity contribution in [1.29, 1.82) is 5.26 Å². The standard InChI is InChI=1S/C23H26N4O3S/c1-18(2)19-8-10-21(11-9-19)25-23(28)20(16-24)17-26-12-14-27(15-13-26)31(29,30)22-6-4-3-5-7-22/h3-11,17-18H,12-15H2,1-2H3,(H,25,28)/b20-17-. The molecular formula is C23H26N4O3S. The molecule has 8 heteroatoms. The fraction of sp³-hybridized carbons (Fsp3) is 0.304. The largest absolute Gasteiger partial charge is 0.373 e. The fourth-order valence-electron chi connectivity index (χ4n) is 3.29. The van der Waals surface area contributed by atoms with E-state index in [1.807, 2.05) is 30.3 Å². The lowest BCUT2D eigenvalue weighted by Gasteiger charge is -2.33. The Labute approximate surface area is 183 Å². The highest BCUT2D eigenvalue weighted by atomic mass is 32.2. The van der Waals surface area contributed by atoms with Crippen LogP contribution in [0.3, 0.4) is 0 Å². The molecule has 7 nitrogen and oxygen atoms in total. The van der Waals surface area contributed by atoms with E-state index in [2.05, 4.69) is 19.2 Å². The second kappa shape index (κ2) is 9.77. The fourth-order valence-corrected chi connectivity index (χ4v) is 4.73. The van der Waals surface area contributed by atoms with Crippen LogP contribution in [0.15, 0.2) is 71.3 Å². The smallest absolute Gasteiger partial charge is 0.267 e. The van der Waals surface area contributed by atoms with Crippen LogP contribution in [0.5, 0.6) is 0 Å². The molecule has 2 aromatic rings. The van der Waals surface area contributed by atoms with Crippen molar-refractivity contribution in [3.63, 3.8) is 0 Å². The van der Waals surface area contributed by atoms with Crippen molar-refractivity contribution >= 4 is 21.6 Å². The minimum Gasteiger partial charge on any atom is -0.373 e. The van der Waals surface area contributed by atoms with Gasteiger partial charge in [0.1, 0.15) is 11.6 Å². The number of rotatable bonds is 6. The first kappa shape index (κ1) is 22.5. The Morgan fingerprint density at radius 2 is 1.65 bits per heavy atom. The van der Waals surface area contributed by atoms with E-state index < -0.39 is 15.9 Å². The van der Waals surface area contributed by atoms with Crippen molar-refractivity contribution in [1.82, 2.24) is 9.21 Å². The zero-order chi connectivity index (χ0) is 22.4. The maximum absolute atomic E-state index is 12.7. The molecule has 0 aliphatic carbocycles. The van der Waals surface area contributed by atoms with E-state index in [-0.39, 0.29) is 23.6 Å². The number of benzene rings is 2. The minimum atomic E-state index is -3.54. The van der Waals surface area contributed by atoms with E-state index in [0.29, 0.717) is 24.7 Å². The third kappa shape index (κ3) is 5.51. The van der Waals surface area contributed by atoms with Crippen molar-refractivity contribution in [2.45, 2.75) is 24.7 Å². The first-order valence-corrected chi connectivity index (χ1v) is 11.6. The van der Waals surface area contributed by atoms with E-state index in [1.165, 1.54) is 10.5 Å². The average molecular weight is 439 g/mol. The molecule has 0 saturated carbocycles. The van der Waals surface area contributed by atoms with Crippen molar-refractivity contribution in [2.75, 3.05) is 31.5 Å². The molecule has 0 spiro atoms. The molecule has 162 valence electrons. The number of hydrogen-bond donors (Lipinski definition) is 1.